The van der Waals surface area contributed by atoms with Gasteiger partial charge in [0.25, 0.3) is 0 Å². The van der Waals surface area contributed by atoms with Crippen molar-refractivity contribution >= 4 is 17.7 Å². The summed E-state index contributed by atoms with van der Waals surface area (Å²) in [6.07, 6.45) is 2.55. The van der Waals surface area contributed by atoms with Crippen LogP contribution >= 0.6 is 0 Å². The number of carbonyl (C=O) groups is 3. The molecular weight excluding hydrogens is 336 g/mol. The third-order valence-corrected chi connectivity index (χ3v) is 6.76. The summed E-state index contributed by atoms with van der Waals surface area (Å²) in [5, 5.41) is 11.6. The van der Waals surface area contributed by atoms with Crippen molar-refractivity contribution in [3.63, 3.8) is 0 Å². The number of Topliss-reactive ketones (excluding diaryl/α,β-unsaturated/α-hetero) is 1. The SMILES string of the molecule is C=C1C(=O)O[C@@H]2[C@H]1CC[C@H](COC(=O)/C(C)=C/C)[C@]1(O)CCC(=O)[C@@]21C. The number of ketones is 1. The number of allylic oxidation sites excluding steroid dienone is 1. The predicted molar refractivity (Wildman–Crippen MR) is 92.9 cm³/mol. The number of hydrogen-bond acceptors (Lipinski definition) is 6. The average molecular weight is 362 g/mol. The van der Waals surface area contributed by atoms with Crippen molar-refractivity contribution in [2.45, 2.75) is 58.2 Å². The minimum absolute atomic E-state index is 0.0310. The summed E-state index contributed by atoms with van der Waals surface area (Å²) in [5.74, 6) is -1.72. The standard InChI is InChI=1S/C20H26O6/c1-5-11(2)17(22)25-10-13-6-7-14-12(3)18(23)26-16(14)19(4)15(21)8-9-20(13,19)24/h5,13-14,16,24H,3,6-10H2,1-2,4H3/b11-5+/t13-,14+,16-,19+,20-/m1/s1. The van der Waals surface area contributed by atoms with Gasteiger partial charge in [-0.15, -0.1) is 0 Å². The van der Waals surface area contributed by atoms with Crippen molar-refractivity contribution in [3.05, 3.63) is 23.8 Å². The highest BCUT2D eigenvalue weighted by Crippen LogP contribution is 2.58. The molecule has 0 aromatic carbocycles. The molecule has 0 bridgehead atoms. The highest BCUT2D eigenvalue weighted by molar-refractivity contribution is 5.95. The van der Waals surface area contributed by atoms with Crippen molar-refractivity contribution in [2.24, 2.45) is 17.3 Å². The van der Waals surface area contributed by atoms with Gasteiger partial charge in [-0.05, 0) is 40.0 Å². The Labute approximate surface area is 153 Å². The van der Waals surface area contributed by atoms with Crippen molar-refractivity contribution in [1.29, 1.82) is 0 Å². The smallest absolute Gasteiger partial charge is 0.334 e. The molecule has 1 aliphatic heterocycles. The molecular formula is C20H26O6. The van der Waals surface area contributed by atoms with Gasteiger partial charge in [0.1, 0.15) is 11.9 Å². The first-order valence-electron chi connectivity index (χ1n) is 9.12. The monoisotopic (exact) mass is 362 g/mol. The quantitative estimate of drug-likeness (QED) is 0.611. The number of carbonyl (C=O) groups excluding carboxylic acids is 3. The molecule has 0 spiro atoms. The average Bonchev–Trinajstić information content (AvgIpc) is 3.00. The third-order valence-electron chi connectivity index (χ3n) is 6.76. The summed E-state index contributed by atoms with van der Waals surface area (Å²) in [7, 11) is 0. The first-order valence-corrected chi connectivity index (χ1v) is 9.12. The molecule has 3 aliphatic rings. The second-order valence-corrected chi connectivity index (χ2v) is 7.85. The van der Waals surface area contributed by atoms with E-state index in [9.17, 15) is 19.5 Å². The first-order chi connectivity index (χ1) is 12.2. The molecule has 0 amide bonds. The van der Waals surface area contributed by atoms with Crippen LogP contribution in [0.1, 0.15) is 46.5 Å². The van der Waals surface area contributed by atoms with E-state index in [0.717, 1.165) is 0 Å². The molecule has 1 saturated heterocycles. The van der Waals surface area contributed by atoms with Crippen molar-refractivity contribution in [3.8, 4) is 0 Å². The number of esters is 2. The molecule has 26 heavy (non-hydrogen) atoms. The maximum absolute atomic E-state index is 12.8. The minimum Gasteiger partial charge on any atom is -0.462 e. The van der Waals surface area contributed by atoms with E-state index in [1.54, 1.807) is 26.8 Å². The maximum Gasteiger partial charge on any atom is 0.334 e. The van der Waals surface area contributed by atoms with Gasteiger partial charge < -0.3 is 14.6 Å². The van der Waals surface area contributed by atoms with E-state index in [1.165, 1.54) is 0 Å². The van der Waals surface area contributed by atoms with E-state index in [0.29, 0.717) is 24.0 Å². The van der Waals surface area contributed by atoms with Crippen molar-refractivity contribution < 1.29 is 29.0 Å². The van der Waals surface area contributed by atoms with Gasteiger partial charge >= 0.3 is 11.9 Å². The van der Waals surface area contributed by atoms with Gasteiger partial charge in [0, 0.05) is 29.4 Å². The molecule has 142 valence electrons. The number of ether oxygens (including phenoxy) is 2. The Kier molecular flexibility index (Phi) is 4.59. The minimum atomic E-state index is -1.38. The topological polar surface area (TPSA) is 89.9 Å². The lowest BCUT2D eigenvalue weighted by atomic mass is 9.65. The van der Waals surface area contributed by atoms with Crippen LogP contribution in [-0.2, 0) is 23.9 Å². The maximum atomic E-state index is 12.8. The number of rotatable bonds is 3. The van der Waals surface area contributed by atoms with Crippen LogP contribution in [0.2, 0.25) is 0 Å². The van der Waals surface area contributed by atoms with Crippen LogP contribution in [0.5, 0.6) is 0 Å². The van der Waals surface area contributed by atoms with Gasteiger partial charge in [0.2, 0.25) is 0 Å². The van der Waals surface area contributed by atoms with E-state index in [1.807, 2.05) is 0 Å². The fourth-order valence-corrected chi connectivity index (χ4v) is 4.80. The molecule has 3 rings (SSSR count). The van der Waals surface area contributed by atoms with Crippen LogP contribution in [0.3, 0.4) is 0 Å². The number of hydrogen-bond donors (Lipinski definition) is 1. The third kappa shape index (κ3) is 2.46. The fourth-order valence-electron chi connectivity index (χ4n) is 4.80. The van der Waals surface area contributed by atoms with Crippen molar-refractivity contribution in [1.82, 2.24) is 0 Å². The first kappa shape index (κ1) is 18.8. The summed E-state index contributed by atoms with van der Waals surface area (Å²) < 4.78 is 10.9. The Hall–Kier alpha value is -1.95. The van der Waals surface area contributed by atoms with Crippen LogP contribution in [0.15, 0.2) is 23.8 Å². The molecule has 1 heterocycles. The molecule has 2 saturated carbocycles. The lowest BCUT2D eigenvalue weighted by Gasteiger charge is -2.44. The molecule has 0 unspecified atom stereocenters. The highest BCUT2D eigenvalue weighted by Gasteiger charge is 2.69. The van der Waals surface area contributed by atoms with Crippen LogP contribution in [-0.4, -0.2) is 41.1 Å². The molecule has 1 N–H and O–H groups in total. The molecule has 5 atom stereocenters. The summed E-state index contributed by atoms with van der Waals surface area (Å²) in [5.41, 5.74) is -1.73. The van der Waals surface area contributed by atoms with Gasteiger partial charge in [-0.1, -0.05) is 12.7 Å². The van der Waals surface area contributed by atoms with Gasteiger partial charge in [-0.3, -0.25) is 4.79 Å². The molecule has 0 radical (unpaired) electrons. The summed E-state index contributed by atoms with van der Waals surface area (Å²) >= 11 is 0. The lowest BCUT2D eigenvalue weighted by molar-refractivity contribution is -0.177. The van der Waals surface area contributed by atoms with Gasteiger partial charge in [-0.2, -0.15) is 0 Å². The Morgan fingerprint density at radius 2 is 2.12 bits per heavy atom. The zero-order chi connectivity index (χ0) is 19.3. The van der Waals surface area contributed by atoms with E-state index in [4.69, 9.17) is 9.47 Å². The van der Waals surface area contributed by atoms with Crippen LogP contribution in [0.4, 0.5) is 0 Å². The van der Waals surface area contributed by atoms with Crippen molar-refractivity contribution in [2.75, 3.05) is 6.61 Å². The Morgan fingerprint density at radius 1 is 1.42 bits per heavy atom. The second kappa shape index (κ2) is 6.34. The zero-order valence-corrected chi connectivity index (χ0v) is 15.5. The molecule has 6 heteroatoms. The lowest BCUT2D eigenvalue weighted by Crippen LogP contribution is -2.57. The predicted octanol–water partition coefficient (Wildman–Crippen LogP) is 2.10. The molecule has 0 aromatic heterocycles. The summed E-state index contributed by atoms with van der Waals surface area (Å²) in [4.78, 5) is 36.8. The van der Waals surface area contributed by atoms with Gasteiger partial charge in [0.15, 0.2) is 0 Å². The molecule has 2 aliphatic carbocycles. The largest absolute Gasteiger partial charge is 0.462 e. The molecule has 6 nitrogen and oxygen atoms in total. The second-order valence-electron chi connectivity index (χ2n) is 7.85. The summed E-state index contributed by atoms with van der Waals surface area (Å²) in [6, 6.07) is 0. The highest BCUT2D eigenvalue weighted by atomic mass is 16.6. The fraction of sp³-hybridized carbons (Fsp3) is 0.650. The number of fused-ring (bicyclic) bond motifs is 3. The van der Waals surface area contributed by atoms with Gasteiger partial charge in [0.05, 0.1) is 17.6 Å². The Bertz CT molecular complexity index is 707. The Balaban J connectivity index is 1.92. The zero-order valence-electron chi connectivity index (χ0n) is 15.5. The van der Waals surface area contributed by atoms with E-state index >= 15 is 0 Å². The van der Waals surface area contributed by atoms with Crippen LogP contribution in [0, 0.1) is 17.3 Å². The molecule has 3 fully saturated rings. The number of aliphatic hydroxyl groups is 1. The van der Waals surface area contributed by atoms with E-state index in [-0.39, 0.29) is 31.1 Å². The summed E-state index contributed by atoms with van der Waals surface area (Å²) in [6.45, 7) is 8.96. The normalized spacial score (nSPS) is 39.9. The van der Waals surface area contributed by atoms with Gasteiger partial charge in [-0.25, -0.2) is 9.59 Å². The Morgan fingerprint density at radius 3 is 2.77 bits per heavy atom. The van der Waals surface area contributed by atoms with Crippen LogP contribution < -0.4 is 0 Å². The van der Waals surface area contributed by atoms with E-state index in [2.05, 4.69) is 6.58 Å². The van der Waals surface area contributed by atoms with E-state index < -0.39 is 35.0 Å². The van der Waals surface area contributed by atoms with Crippen LogP contribution in [0.25, 0.3) is 0 Å². The molecule has 0 aromatic rings.